The Balaban J connectivity index is 1.98. The quantitative estimate of drug-likeness (QED) is 0.717. The molecule has 1 amide bonds. The zero-order valence-electron chi connectivity index (χ0n) is 10.9. The highest BCUT2D eigenvalue weighted by Crippen LogP contribution is 2.26. The first-order valence-corrected chi connectivity index (χ1v) is 6.77. The Morgan fingerprint density at radius 3 is 2.33 bits per heavy atom. The molecule has 0 radical (unpaired) electrons. The third-order valence-electron chi connectivity index (χ3n) is 3.22. The van der Waals surface area contributed by atoms with Gasteiger partial charge in [0.05, 0.1) is 0 Å². The van der Waals surface area contributed by atoms with Gasteiger partial charge in [0.25, 0.3) is 5.91 Å². The van der Waals surface area contributed by atoms with E-state index in [-0.39, 0.29) is 11.7 Å². The molecular formula is C17H11ClFNO. The van der Waals surface area contributed by atoms with Crippen LogP contribution in [0.2, 0.25) is 5.02 Å². The molecule has 4 heteroatoms. The number of rotatable bonds is 2. The average molecular weight is 300 g/mol. The monoisotopic (exact) mass is 299 g/mol. The van der Waals surface area contributed by atoms with Gasteiger partial charge in [0.15, 0.2) is 0 Å². The standard InChI is InChI=1S/C17H11ClFNO/c18-16-6-2-3-13-14(16)4-1-5-15(13)17(21)20-12-9-7-11(19)8-10-12/h1-10H,(H,20,21). The molecule has 0 bridgehead atoms. The van der Waals surface area contributed by atoms with Crippen molar-refractivity contribution in [1.82, 2.24) is 0 Å². The topological polar surface area (TPSA) is 29.1 Å². The van der Waals surface area contributed by atoms with Crippen LogP contribution < -0.4 is 5.32 Å². The summed E-state index contributed by atoms with van der Waals surface area (Å²) in [4.78, 5) is 12.4. The van der Waals surface area contributed by atoms with Crippen LogP contribution in [-0.2, 0) is 0 Å². The van der Waals surface area contributed by atoms with E-state index in [9.17, 15) is 9.18 Å². The molecule has 0 saturated carbocycles. The van der Waals surface area contributed by atoms with Crippen LogP contribution in [0, 0.1) is 5.82 Å². The van der Waals surface area contributed by atoms with Crippen molar-refractivity contribution < 1.29 is 9.18 Å². The van der Waals surface area contributed by atoms with Crippen molar-refractivity contribution in [1.29, 1.82) is 0 Å². The summed E-state index contributed by atoms with van der Waals surface area (Å²) in [5, 5.41) is 4.96. The predicted molar refractivity (Wildman–Crippen MR) is 83.3 cm³/mol. The zero-order chi connectivity index (χ0) is 14.8. The van der Waals surface area contributed by atoms with E-state index in [2.05, 4.69) is 5.32 Å². The summed E-state index contributed by atoms with van der Waals surface area (Å²) in [6, 6.07) is 16.5. The summed E-state index contributed by atoms with van der Waals surface area (Å²) in [5.41, 5.74) is 1.07. The molecule has 3 aromatic rings. The number of fused-ring (bicyclic) bond motifs is 1. The van der Waals surface area contributed by atoms with Crippen LogP contribution in [0.1, 0.15) is 10.4 Å². The molecule has 0 atom stereocenters. The first kappa shape index (κ1) is 13.6. The second-order valence-electron chi connectivity index (χ2n) is 4.60. The summed E-state index contributed by atoms with van der Waals surface area (Å²) in [5.74, 6) is -0.598. The normalized spacial score (nSPS) is 10.6. The van der Waals surface area contributed by atoms with Crippen LogP contribution in [-0.4, -0.2) is 5.91 Å². The molecule has 0 unspecified atom stereocenters. The fraction of sp³-hybridized carbons (Fsp3) is 0. The second kappa shape index (κ2) is 5.54. The van der Waals surface area contributed by atoms with E-state index < -0.39 is 0 Å². The lowest BCUT2D eigenvalue weighted by molar-refractivity contribution is 0.102. The van der Waals surface area contributed by atoms with Crippen LogP contribution in [0.4, 0.5) is 10.1 Å². The number of anilines is 1. The summed E-state index contributed by atoms with van der Waals surface area (Å²) >= 11 is 6.14. The number of amides is 1. The number of hydrogen-bond donors (Lipinski definition) is 1. The molecule has 2 nitrogen and oxygen atoms in total. The molecule has 0 aromatic heterocycles. The van der Waals surface area contributed by atoms with Crippen molar-refractivity contribution in [2.24, 2.45) is 0 Å². The first-order valence-electron chi connectivity index (χ1n) is 6.39. The molecule has 21 heavy (non-hydrogen) atoms. The van der Waals surface area contributed by atoms with Crippen molar-refractivity contribution >= 4 is 34.0 Å². The number of carbonyl (C=O) groups is 1. The van der Waals surface area contributed by atoms with Gasteiger partial charge in [-0.2, -0.15) is 0 Å². The molecule has 3 rings (SSSR count). The van der Waals surface area contributed by atoms with Crippen molar-refractivity contribution in [3.8, 4) is 0 Å². The minimum atomic E-state index is -0.343. The summed E-state index contributed by atoms with van der Waals surface area (Å²) in [6.07, 6.45) is 0. The van der Waals surface area contributed by atoms with Crippen LogP contribution in [0.3, 0.4) is 0 Å². The van der Waals surface area contributed by atoms with Gasteiger partial charge in [-0.25, -0.2) is 4.39 Å². The lowest BCUT2D eigenvalue weighted by Gasteiger charge is -2.09. The highest BCUT2D eigenvalue weighted by Gasteiger charge is 2.11. The molecule has 0 heterocycles. The highest BCUT2D eigenvalue weighted by molar-refractivity contribution is 6.36. The summed E-state index contributed by atoms with van der Waals surface area (Å²) in [7, 11) is 0. The van der Waals surface area contributed by atoms with Gasteiger partial charge in [0.2, 0.25) is 0 Å². The van der Waals surface area contributed by atoms with E-state index in [0.717, 1.165) is 10.8 Å². The minimum absolute atomic E-state index is 0.255. The Kier molecular flexibility index (Phi) is 3.59. The molecule has 0 aliphatic carbocycles. The zero-order valence-corrected chi connectivity index (χ0v) is 11.7. The van der Waals surface area contributed by atoms with E-state index in [1.807, 2.05) is 12.1 Å². The van der Waals surface area contributed by atoms with Gasteiger partial charge in [-0.05, 0) is 41.8 Å². The fourth-order valence-electron chi connectivity index (χ4n) is 2.20. The number of carbonyl (C=O) groups excluding carboxylic acids is 1. The second-order valence-corrected chi connectivity index (χ2v) is 5.01. The van der Waals surface area contributed by atoms with Gasteiger partial charge in [-0.15, -0.1) is 0 Å². The Morgan fingerprint density at radius 2 is 1.57 bits per heavy atom. The largest absolute Gasteiger partial charge is 0.322 e. The third kappa shape index (κ3) is 2.73. The van der Waals surface area contributed by atoms with E-state index >= 15 is 0 Å². The maximum atomic E-state index is 12.9. The SMILES string of the molecule is O=C(Nc1ccc(F)cc1)c1cccc2c(Cl)cccc12. The van der Waals surface area contributed by atoms with E-state index in [0.29, 0.717) is 16.3 Å². The maximum absolute atomic E-state index is 12.9. The Hall–Kier alpha value is -2.39. The molecule has 0 aliphatic heterocycles. The molecule has 3 aromatic carbocycles. The number of hydrogen-bond acceptors (Lipinski definition) is 1. The van der Waals surface area contributed by atoms with Crippen molar-refractivity contribution in [3.05, 3.63) is 77.1 Å². The van der Waals surface area contributed by atoms with Gasteiger partial charge in [0, 0.05) is 21.7 Å². The van der Waals surface area contributed by atoms with Crippen LogP contribution in [0.25, 0.3) is 10.8 Å². The lowest BCUT2D eigenvalue weighted by atomic mass is 10.0. The number of benzene rings is 3. The molecule has 0 spiro atoms. The summed E-state index contributed by atoms with van der Waals surface area (Å²) < 4.78 is 12.9. The Morgan fingerprint density at radius 1 is 0.905 bits per heavy atom. The highest BCUT2D eigenvalue weighted by atomic mass is 35.5. The van der Waals surface area contributed by atoms with E-state index in [4.69, 9.17) is 11.6 Å². The van der Waals surface area contributed by atoms with Gasteiger partial charge in [0.1, 0.15) is 5.82 Å². The van der Waals surface area contributed by atoms with Gasteiger partial charge in [-0.3, -0.25) is 4.79 Å². The van der Waals surface area contributed by atoms with E-state index in [1.165, 1.54) is 24.3 Å². The Bertz CT molecular complexity index is 815. The van der Waals surface area contributed by atoms with Crippen molar-refractivity contribution in [2.45, 2.75) is 0 Å². The van der Waals surface area contributed by atoms with Crippen molar-refractivity contribution in [3.63, 3.8) is 0 Å². The van der Waals surface area contributed by atoms with Crippen LogP contribution in [0.15, 0.2) is 60.7 Å². The van der Waals surface area contributed by atoms with Gasteiger partial charge < -0.3 is 5.32 Å². The molecular weight excluding hydrogens is 289 g/mol. The molecule has 1 N–H and O–H groups in total. The first-order chi connectivity index (χ1) is 10.1. The van der Waals surface area contributed by atoms with Gasteiger partial charge in [-0.1, -0.05) is 35.9 Å². The maximum Gasteiger partial charge on any atom is 0.256 e. The number of halogens is 2. The Labute approximate surface area is 126 Å². The predicted octanol–water partition coefficient (Wildman–Crippen LogP) is 4.88. The lowest BCUT2D eigenvalue weighted by Crippen LogP contribution is -2.12. The van der Waals surface area contributed by atoms with Crippen LogP contribution >= 0.6 is 11.6 Å². The molecule has 0 aliphatic rings. The molecule has 104 valence electrons. The summed E-state index contributed by atoms with van der Waals surface area (Å²) in [6.45, 7) is 0. The molecule has 0 saturated heterocycles. The number of nitrogens with one attached hydrogen (secondary N) is 1. The van der Waals surface area contributed by atoms with Crippen LogP contribution in [0.5, 0.6) is 0 Å². The van der Waals surface area contributed by atoms with Gasteiger partial charge >= 0.3 is 0 Å². The average Bonchev–Trinajstić information content (AvgIpc) is 2.49. The minimum Gasteiger partial charge on any atom is -0.322 e. The fourth-order valence-corrected chi connectivity index (χ4v) is 2.44. The third-order valence-corrected chi connectivity index (χ3v) is 3.55. The van der Waals surface area contributed by atoms with E-state index in [1.54, 1.807) is 24.3 Å². The molecule has 0 fully saturated rings. The smallest absolute Gasteiger partial charge is 0.256 e. The van der Waals surface area contributed by atoms with Crippen molar-refractivity contribution in [2.75, 3.05) is 5.32 Å².